The van der Waals surface area contributed by atoms with Crippen molar-refractivity contribution >= 4 is 39.5 Å². The van der Waals surface area contributed by atoms with Crippen LogP contribution in [0.15, 0.2) is 0 Å². The average Bonchev–Trinajstić information content (AvgIpc) is 1.53. The molecule has 0 aliphatic carbocycles. The molecule has 0 rings (SSSR count). The molecule has 0 aromatic carbocycles. The van der Waals surface area contributed by atoms with E-state index in [1.807, 2.05) is 0 Å². The van der Waals surface area contributed by atoms with Gasteiger partial charge >= 0.3 is 39.5 Å². The second-order valence-electron chi connectivity index (χ2n) is 27.0. The predicted molar refractivity (Wildman–Crippen MR) is 382 cm³/mol. The zero-order valence-corrected chi connectivity index (χ0v) is 62.7. The summed E-state index contributed by atoms with van der Waals surface area (Å²) in [5.74, 6) is -2.12. The Hall–Kier alpha value is -1.94. The number of rotatable bonds is 76. The van der Waals surface area contributed by atoms with Crippen molar-refractivity contribution in [3.05, 3.63) is 0 Å². The van der Waals surface area contributed by atoms with Gasteiger partial charge in [-0.15, -0.1) is 0 Å². The molecule has 0 fully saturated rings. The van der Waals surface area contributed by atoms with E-state index in [2.05, 4.69) is 27.7 Å². The van der Waals surface area contributed by atoms with Gasteiger partial charge in [-0.05, 0) is 25.7 Å². The molecular formula is C75H146O17P2. The van der Waals surface area contributed by atoms with Crippen LogP contribution in [0.2, 0.25) is 0 Å². The third kappa shape index (κ3) is 68.6. The maximum absolute atomic E-state index is 13.1. The number of carbonyl (C=O) groups excluding carboxylic acids is 4. The summed E-state index contributed by atoms with van der Waals surface area (Å²) in [4.78, 5) is 72.6. The Bertz CT molecular complexity index is 1790. The van der Waals surface area contributed by atoms with Gasteiger partial charge in [0.2, 0.25) is 0 Å². The maximum atomic E-state index is 13.1. The molecule has 94 heavy (non-hydrogen) atoms. The molecule has 0 radical (unpaired) electrons. The van der Waals surface area contributed by atoms with Crippen LogP contribution in [0.5, 0.6) is 0 Å². The van der Waals surface area contributed by atoms with Gasteiger partial charge in [0.15, 0.2) is 12.2 Å². The fourth-order valence-electron chi connectivity index (χ4n) is 11.6. The summed E-state index contributed by atoms with van der Waals surface area (Å²) in [7, 11) is -9.90. The van der Waals surface area contributed by atoms with Crippen LogP contribution in [0.25, 0.3) is 0 Å². The molecule has 3 N–H and O–H groups in total. The van der Waals surface area contributed by atoms with E-state index < -0.39 is 97.5 Å². The van der Waals surface area contributed by atoms with Crippen molar-refractivity contribution in [1.82, 2.24) is 0 Å². The molecule has 0 aromatic rings. The number of esters is 4. The number of unbranched alkanes of at least 4 members (excludes halogenated alkanes) is 50. The highest BCUT2D eigenvalue weighted by atomic mass is 31.2. The number of aliphatic hydroxyl groups is 1. The van der Waals surface area contributed by atoms with Gasteiger partial charge < -0.3 is 33.8 Å². The van der Waals surface area contributed by atoms with Crippen molar-refractivity contribution in [3.8, 4) is 0 Å². The van der Waals surface area contributed by atoms with Crippen LogP contribution in [0, 0.1) is 0 Å². The Morgan fingerprint density at radius 3 is 0.628 bits per heavy atom. The minimum atomic E-state index is -4.95. The van der Waals surface area contributed by atoms with Gasteiger partial charge in [0, 0.05) is 25.7 Å². The Morgan fingerprint density at radius 2 is 0.426 bits per heavy atom. The lowest BCUT2D eigenvalue weighted by molar-refractivity contribution is -0.161. The van der Waals surface area contributed by atoms with Crippen LogP contribution in [0.1, 0.15) is 400 Å². The lowest BCUT2D eigenvalue weighted by Crippen LogP contribution is -2.30. The number of ether oxygens (including phenoxy) is 4. The normalized spacial score (nSPS) is 13.9. The molecule has 0 bridgehead atoms. The topological polar surface area (TPSA) is 237 Å². The Labute approximate surface area is 575 Å². The SMILES string of the molecule is CCCCCCCCCCCCCCCCCCCCC(=O)OC[C@H](COP(=O)(O)OC[C@@H](O)COP(=O)(O)OC[C@@H](COC(=O)CCCCCCCCCC)OC(=O)CCCCCCCCCCCC)OC(=O)CCCCCCCCCCCCCCCCCCCC. The molecule has 0 amide bonds. The van der Waals surface area contributed by atoms with Gasteiger partial charge in [0.25, 0.3) is 0 Å². The Morgan fingerprint density at radius 1 is 0.255 bits per heavy atom. The van der Waals surface area contributed by atoms with Crippen molar-refractivity contribution in [3.63, 3.8) is 0 Å². The van der Waals surface area contributed by atoms with Crippen molar-refractivity contribution in [2.45, 2.75) is 418 Å². The number of hydrogen-bond acceptors (Lipinski definition) is 15. The first-order valence-electron chi connectivity index (χ1n) is 39.3. The lowest BCUT2D eigenvalue weighted by atomic mass is 10.0. The second kappa shape index (κ2) is 69.5. The summed E-state index contributed by atoms with van der Waals surface area (Å²) in [5, 5.41) is 10.6. The van der Waals surface area contributed by atoms with Crippen molar-refractivity contribution in [2.24, 2.45) is 0 Å². The van der Waals surface area contributed by atoms with Gasteiger partial charge in [-0.1, -0.05) is 349 Å². The van der Waals surface area contributed by atoms with Crippen LogP contribution in [0.3, 0.4) is 0 Å². The van der Waals surface area contributed by atoms with E-state index in [0.717, 1.165) is 96.3 Å². The summed E-state index contributed by atoms with van der Waals surface area (Å²) in [6.45, 7) is 4.95. The Balaban J connectivity index is 5.18. The van der Waals surface area contributed by atoms with Crippen LogP contribution < -0.4 is 0 Å². The van der Waals surface area contributed by atoms with Crippen molar-refractivity contribution in [2.75, 3.05) is 39.6 Å². The van der Waals surface area contributed by atoms with Gasteiger partial charge in [0.05, 0.1) is 26.4 Å². The van der Waals surface area contributed by atoms with E-state index in [-0.39, 0.29) is 25.7 Å². The monoisotopic (exact) mass is 1380 g/mol. The number of hydrogen-bond donors (Lipinski definition) is 3. The summed E-state index contributed by atoms with van der Waals surface area (Å²) in [6, 6.07) is 0. The van der Waals surface area contributed by atoms with E-state index in [9.17, 15) is 43.2 Å². The number of carbonyl (C=O) groups is 4. The second-order valence-corrected chi connectivity index (χ2v) is 29.9. The molecule has 17 nitrogen and oxygen atoms in total. The highest BCUT2D eigenvalue weighted by molar-refractivity contribution is 7.47. The number of phosphoric acid groups is 2. The molecule has 19 heteroatoms. The molecule has 0 aromatic heterocycles. The largest absolute Gasteiger partial charge is 0.472 e. The zero-order valence-electron chi connectivity index (χ0n) is 60.9. The highest BCUT2D eigenvalue weighted by Crippen LogP contribution is 2.45. The van der Waals surface area contributed by atoms with Crippen LogP contribution in [-0.2, 0) is 65.4 Å². The van der Waals surface area contributed by atoms with Crippen LogP contribution >= 0.6 is 15.6 Å². The van der Waals surface area contributed by atoms with E-state index in [1.54, 1.807) is 0 Å². The molecule has 0 spiro atoms. The third-order valence-corrected chi connectivity index (χ3v) is 19.5. The zero-order chi connectivity index (χ0) is 69.0. The molecule has 0 aliphatic rings. The van der Waals surface area contributed by atoms with E-state index >= 15 is 0 Å². The maximum Gasteiger partial charge on any atom is 0.472 e. The lowest BCUT2D eigenvalue weighted by Gasteiger charge is -2.21. The molecule has 2 unspecified atom stereocenters. The fraction of sp³-hybridized carbons (Fsp3) is 0.947. The summed E-state index contributed by atoms with van der Waals surface area (Å²) in [6.07, 6.45) is 59.8. The van der Waals surface area contributed by atoms with Gasteiger partial charge in [-0.25, -0.2) is 9.13 Å². The predicted octanol–water partition coefficient (Wildman–Crippen LogP) is 22.2. The van der Waals surface area contributed by atoms with E-state index in [1.165, 1.54) is 225 Å². The molecule has 0 saturated carbocycles. The van der Waals surface area contributed by atoms with E-state index in [4.69, 9.17) is 37.0 Å². The van der Waals surface area contributed by atoms with Crippen molar-refractivity contribution in [1.29, 1.82) is 0 Å². The van der Waals surface area contributed by atoms with Gasteiger partial charge in [0.1, 0.15) is 19.3 Å². The first-order valence-corrected chi connectivity index (χ1v) is 42.3. The summed E-state index contributed by atoms with van der Waals surface area (Å²) < 4.78 is 68.4. The number of aliphatic hydroxyl groups excluding tert-OH is 1. The fourth-order valence-corrected chi connectivity index (χ4v) is 13.2. The van der Waals surface area contributed by atoms with E-state index in [0.29, 0.717) is 25.7 Å². The van der Waals surface area contributed by atoms with Crippen molar-refractivity contribution < 1.29 is 80.2 Å². The first kappa shape index (κ1) is 92.1. The molecular weight excluding hydrogens is 1230 g/mol. The molecule has 0 heterocycles. The van der Waals surface area contributed by atoms with Crippen LogP contribution in [-0.4, -0.2) is 96.7 Å². The minimum absolute atomic E-state index is 0.107. The highest BCUT2D eigenvalue weighted by Gasteiger charge is 2.30. The van der Waals surface area contributed by atoms with Gasteiger partial charge in [-0.2, -0.15) is 0 Å². The minimum Gasteiger partial charge on any atom is -0.462 e. The molecule has 0 aliphatic heterocycles. The Kier molecular flexibility index (Phi) is 68.1. The first-order chi connectivity index (χ1) is 45.7. The quantitative estimate of drug-likeness (QED) is 0.0222. The summed E-state index contributed by atoms with van der Waals surface area (Å²) >= 11 is 0. The summed E-state index contributed by atoms with van der Waals surface area (Å²) in [5.41, 5.74) is 0. The average molecular weight is 1380 g/mol. The smallest absolute Gasteiger partial charge is 0.462 e. The van der Waals surface area contributed by atoms with Crippen LogP contribution in [0.4, 0.5) is 0 Å². The third-order valence-electron chi connectivity index (χ3n) is 17.6. The molecule has 5 atom stereocenters. The van der Waals surface area contributed by atoms with Gasteiger partial charge in [-0.3, -0.25) is 37.3 Å². The molecule has 0 saturated heterocycles. The molecule has 558 valence electrons. The number of phosphoric ester groups is 2. The standard InChI is InChI=1S/C75H146O17P2/c1-5-9-13-17-21-25-28-30-32-34-36-38-40-42-45-48-52-56-60-73(78)86-66-71(92-75(80)62-58-54-50-46-43-41-39-37-35-33-31-29-26-22-18-14-10-6-2)68-90-94(83,84)88-64-69(76)63-87-93(81,82)89-67-70(65-85-72(77)59-55-51-47-24-20-16-12-8-4)91-74(79)61-57-53-49-44-27-23-19-15-11-7-3/h69-71,76H,5-68H2,1-4H3,(H,81,82)(H,83,84)/t69-,70+,71+/m0/s1.